The Hall–Kier alpha value is -1.61. The monoisotopic (exact) mass is 293 g/mol. The van der Waals surface area contributed by atoms with Crippen molar-refractivity contribution in [3.63, 3.8) is 0 Å². The predicted octanol–water partition coefficient (Wildman–Crippen LogP) is 4.35. The van der Waals surface area contributed by atoms with Gasteiger partial charge in [-0.05, 0) is 57.5 Å². The molecule has 0 aliphatic carbocycles. The van der Waals surface area contributed by atoms with Crippen LogP contribution in [0.2, 0.25) is 0 Å². The third kappa shape index (κ3) is 2.50. The van der Waals surface area contributed by atoms with Crippen molar-refractivity contribution in [2.24, 2.45) is 0 Å². The van der Waals surface area contributed by atoms with Crippen molar-refractivity contribution in [1.29, 1.82) is 0 Å². The van der Waals surface area contributed by atoms with Crippen LogP contribution in [0, 0.1) is 26.6 Å². The van der Waals surface area contributed by atoms with Crippen LogP contribution >= 0.6 is 11.6 Å². The highest BCUT2D eigenvalue weighted by molar-refractivity contribution is 6.33. The van der Waals surface area contributed by atoms with Gasteiger partial charge in [0.2, 0.25) is 0 Å². The quantitative estimate of drug-likeness (QED) is 0.609. The molecule has 2 nitrogen and oxygen atoms in total. The molecule has 0 aliphatic heterocycles. The van der Waals surface area contributed by atoms with Crippen LogP contribution in [0.3, 0.4) is 0 Å². The van der Waals surface area contributed by atoms with E-state index in [2.05, 4.69) is 0 Å². The molecule has 1 atom stereocenters. The lowest BCUT2D eigenvalue weighted by Crippen LogP contribution is -2.12. The van der Waals surface area contributed by atoms with Crippen molar-refractivity contribution in [3.05, 3.63) is 52.6 Å². The van der Waals surface area contributed by atoms with Gasteiger partial charge in [-0.3, -0.25) is 4.79 Å². The Morgan fingerprint density at radius 1 is 1.25 bits per heavy atom. The number of benzene rings is 1. The van der Waals surface area contributed by atoms with Crippen LogP contribution < -0.4 is 0 Å². The van der Waals surface area contributed by atoms with Gasteiger partial charge in [0.1, 0.15) is 5.82 Å². The molecule has 2 aromatic rings. The van der Waals surface area contributed by atoms with E-state index in [1.807, 2.05) is 31.4 Å². The number of aromatic nitrogens is 1. The number of hydrogen-bond acceptors (Lipinski definition) is 1. The third-order valence-corrected chi connectivity index (χ3v) is 3.66. The van der Waals surface area contributed by atoms with E-state index in [0.717, 1.165) is 22.6 Å². The lowest BCUT2D eigenvalue weighted by Gasteiger charge is -2.13. The maximum absolute atomic E-state index is 13.2. The van der Waals surface area contributed by atoms with Gasteiger partial charge in [0.15, 0.2) is 5.78 Å². The summed E-state index contributed by atoms with van der Waals surface area (Å²) in [6.45, 7) is 7.32. The van der Waals surface area contributed by atoms with Crippen molar-refractivity contribution >= 4 is 17.4 Å². The Morgan fingerprint density at radius 2 is 1.90 bits per heavy atom. The van der Waals surface area contributed by atoms with E-state index in [1.54, 1.807) is 13.0 Å². The molecule has 0 amide bonds. The Labute approximate surface area is 123 Å². The number of ketones is 1. The first kappa shape index (κ1) is 14.8. The number of Topliss-reactive ketones (excluding diaryl/α,β-unsaturated/α-hetero) is 1. The molecule has 0 saturated heterocycles. The maximum atomic E-state index is 13.2. The molecule has 1 aromatic carbocycles. The van der Waals surface area contributed by atoms with E-state index in [-0.39, 0.29) is 11.6 Å². The summed E-state index contributed by atoms with van der Waals surface area (Å²) in [6, 6.07) is 6.47. The van der Waals surface area contributed by atoms with E-state index < -0.39 is 5.38 Å². The summed E-state index contributed by atoms with van der Waals surface area (Å²) in [5.74, 6) is -0.356. The lowest BCUT2D eigenvalue weighted by atomic mass is 10.1. The van der Waals surface area contributed by atoms with Crippen LogP contribution in [0.5, 0.6) is 0 Å². The molecule has 1 heterocycles. The first-order chi connectivity index (χ1) is 9.32. The lowest BCUT2D eigenvalue weighted by molar-refractivity contribution is 0.0991. The predicted molar refractivity (Wildman–Crippen MR) is 79.6 cm³/mol. The molecule has 2 rings (SSSR count). The summed E-state index contributed by atoms with van der Waals surface area (Å²) in [5, 5.41) is -0.557. The second kappa shape index (κ2) is 5.41. The summed E-state index contributed by atoms with van der Waals surface area (Å²) in [6.07, 6.45) is 0. The fourth-order valence-electron chi connectivity index (χ4n) is 2.47. The van der Waals surface area contributed by atoms with E-state index in [9.17, 15) is 9.18 Å². The van der Waals surface area contributed by atoms with Crippen molar-refractivity contribution in [1.82, 2.24) is 4.57 Å². The molecule has 0 radical (unpaired) electrons. The van der Waals surface area contributed by atoms with Gasteiger partial charge in [0, 0.05) is 22.6 Å². The van der Waals surface area contributed by atoms with Crippen LogP contribution in [0.1, 0.15) is 34.2 Å². The first-order valence-electron chi connectivity index (χ1n) is 6.46. The van der Waals surface area contributed by atoms with Gasteiger partial charge in [-0.2, -0.15) is 0 Å². The second-order valence-electron chi connectivity index (χ2n) is 5.03. The minimum atomic E-state index is -0.557. The largest absolute Gasteiger partial charge is 0.317 e. The van der Waals surface area contributed by atoms with Gasteiger partial charge >= 0.3 is 0 Å². The average Bonchev–Trinajstić information content (AvgIpc) is 2.65. The molecular formula is C16H17ClFNO. The number of aryl methyl sites for hydroxylation is 2. The SMILES string of the molecule is Cc1cc(F)ccc1-n1c(C)cc(C(=O)C(C)Cl)c1C. The zero-order valence-electron chi connectivity index (χ0n) is 12.0. The fourth-order valence-corrected chi connectivity index (χ4v) is 2.58. The van der Waals surface area contributed by atoms with Crippen molar-refractivity contribution < 1.29 is 9.18 Å². The number of carbonyl (C=O) groups excluding carboxylic acids is 1. The Bertz CT molecular complexity index is 673. The molecule has 0 fully saturated rings. The summed E-state index contributed by atoms with van der Waals surface area (Å²) in [4.78, 5) is 12.1. The third-order valence-electron chi connectivity index (χ3n) is 3.46. The minimum absolute atomic E-state index is 0.0919. The minimum Gasteiger partial charge on any atom is -0.317 e. The summed E-state index contributed by atoms with van der Waals surface area (Å²) in [5.41, 5.74) is 4.08. The van der Waals surface area contributed by atoms with Gasteiger partial charge < -0.3 is 4.57 Å². The number of nitrogens with zero attached hydrogens (tertiary/aromatic N) is 1. The molecule has 0 aliphatic rings. The van der Waals surface area contributed by atoms with E-state index in [0.29, 0.717) is 5.56 Å². The van der Waals surface area contributed by atoms with Gasteiger partial charge in [-0.25, -0.2) is 4.39 Å². The summed E-state index contributed by atoms with van der Waals surface area (Å²) in [7, 11) is 0. The van der Waals surface area contributed by atoms with Crippen LogP contribution in [0.15, 0.2) is 24.3 Å². The summed E-state index contributed by atoms with van der Waals surface area (Å²) >= 11 is 5.89. The topological polar surface area (TPSA) is 22.0 Å². The zero-order chi connectivity index (χ0) is 15.0. The van der Waals surface area contributed by atoms with Gasteiger partial charge in [-0.15, -0.1) is 11.6 Å². The Morgan fingerprint density at radius 3 is 2.45 bits per heavy atom. The molecule has 106 valence electrons. The normalized spacial score (nSPS) is 12.5. The van der Waals surface area contributed by atoms with Crippen molar-refractivity contribution in [2.75, 3.05) is 0 Å². The van der Waals surface area contributed by atoms with Crippen LogP contribution in [0.4, 0.5) is 4.39 Å². The van der Waals surface area contributed by atoms with Gasteiger partial charge in [0.05, 0.1) is 5.38 Å². The fraction of sp³-hybridized carbons (Fsp3) is 0.312. The number of alkyl halides is 1. The maximum Gasteiger partial charge on any atom is 0.182 e. The van der Waals surface area contributed by atoms with Crippen molar-refractivity contribution in [2.45, 2.75) is 33.1 Å². The molecule has 4 heteroatoms. The van der Waals surface area contributed by atoms with Crippen LogP contribution in [-0.2, 0) is 0 Å². The highest BCUT2D eigenvalue weighted by atomic mass is 35.5. The van der Waals surface area contributed by atoms with Gasteiger partial charge in [-0.1, -0.05) is 0 Å². The highest BCUT2D eigenvalue weighted by Gasteiger charge is 2.20. The smallest absolute Gasteiger partial charge is 0.182 e. The second-order valence-corrected chi connectivity index (χ2v) is 5.69. The molecular weight excluding hydrogens is 277 g/mol. The molecule has 0 spiro atoms. The molecule has 0 bridgehead atoms. The summed E-state index contributed by atoms with van der Waals surface area (Å²) < 4.78 is 15.2. The molecule has 1 unspecified atom stereocenters. The molecule has 0 saturated carbocycles. The Balaban J connectivity index is 2.61. The number of carbonyl (C=O) groups is 1. The van der Waals surface area contributed by atoms with Crippen molar-refractivity contribution in [3.8, 4) is 5.69 Å². The van der Waals surface area contributed by atoms with E-state index >= 15 is 0 Å². The number of halogens is 2. The van der Waals surface area contributed by atoms with E-state index in [1.165, 1.54) is 12.1 Å². The van der Waals surface area contributed by atoms with Crippen LogP contribution in [0.25, 0.3) is 5.69 Å². The number of hydrogen-bond donors (Lipinski definition) is 0. The van der Waals surface area contributed by atoms with Crippen LogP contribution in [-0.4, -0.2) is 15.7 Å². The molecule has 0 N–H and O–H groups in total. The standard InChI is InChI=1S/C16H17ClFNO/c1-9-7-13(18)5-6-15(9)19-10(2)8-14(12(19)4)16(20)11(3)17/h5-8,11H,1-4H3. The number of rotatable bonds is 3. The molecule has 1 aromatic heterocycles. The Kier molecular flexibility index (Phi) is 4.00. The first-order valence-corrected chi connectivity index (χ1v) is 6.90. The van der Waals surface area contributed by atoms with E-state index in [4.69, 9.17) is 11.6 Å². The average molecular weight is 294 g/mol. The highest BCUT2D eigenvalue weighted by Crippen LogP contribution is 2.25. The zero-order valence-corrected chi connectivity index (χ0v) is 12.8. The van der Waals surface area contributed by atoms with Gasteiger partial charge in [0.25, 0.3) is 0 Å². The molecule has 20 heavy (non-hydrogen) atoms.